The van der Waals surface area contributed by atoms with Crippen LogP contribution in [0.5, 0.6) is 0 Å². The van der Waals surface area contributed by atoms with Gasteiger partial charge in [-0.3, -0.25) is 0 Å². The van der Waals surface area contributed by atoms with E-state index in [2.05, 4.69) is 176 Å². The number of benzene rings is 6. The maximum atomic E-state index is 2.63. The Bertz CT molecular complexity index is 2560. The van der Waals surface area contributed by atoms with E-state index in [4.69, 9.17) is 0 Å². The van der Waals surface area contributed by atoms with Crippen LogP contribution in [0.25, 0.3) is 33.4 Å². The number of anilines is 3. The highest BCUT2D eigenvalue weighted by atomic mass is 15.1. The van der Waals surface area contributed by atoms with Crippen LogP contribution in [0.3, 0.4) is 0 Å². The minimum Gasteiger partial charge on any atom is -0.310 e. The van der Waals surface area contributed by atoms with Crippen molar-refractivity contribution in [2.45, 2.75) is 116 Å². The van der Waals surface area contributed by atoms with Crippen LogP contribution >= 0.6 is 0 Å². The smallest absolute Gasteiger partial charge is 0.0543 e. The lowest BCUT2D eigenvalue weighted by Gasteiger charge is -2.42. The Balaban J connectivity index is 1.27. The van der Waals surface area contributed by atoms with Crippen molar-refractivity contribution in [2.75, 3.05) is 4.90 Å². The zero-order valence-electron chi connectivity index (χ0n) is 34.2. The van der Waals surface area contributed by atoms with Crippen molar-refractivity contribution in [1.82, 2.24) is 0 Å². The maximum absolute atomic E-state index is 2.63. The van der Waals surface area contributed by atoms with Gasteiger partial charge in [-0.15, -0.1) is 0 Å². The van der Waals surface area contributed by atoms with E-state index in [1.54, 1.807) is 0 Å². The molecule has 0 saturated carbocycles. The molecule has 0 unspecified atom stereocenters. The van der Waals surface area contributed by atoms with E-state index < -0.39 is 0 Å². The average molecular weight is 718 g/mol. The fourth-order valence-corrected chi connectivity index (χ4v) is 11.0. The molecule has 0 bridgehead atoms. The largest absolute Gasteiger partial charge is 0.310 e. The van der Waals surface area contributed by atoms with Crippen LogP contribution in [-0.2, 0) is 34.5 Å². The van der Waals surface area contributed by atoms with E-state index in [1.165, 1.54) is 133 Å². The third-order valence-electron chi connectivity index (χ3n) is 14.5. The molecule has 6 aromatic rings. The quantitative estimate of drug-likeness (QED) is 0.175. The first-order chi connectivity index (χ1) is 26.3. The molecular formula is C54H55N. The Hall–Kier alpha value is -4.88. The van der Waals surface area contributed by atoms with E-state index in [0.717, 1.165) is 0 Å². The summed E-state index contributed by atoms with van der Waals surface area (Å²) in [6, 6.07) is 45.4. The van der Waals surface area contributed by atoms with Crippen LogP contribution in [0.2, 0.25) is 0 Å². The van der Waals surface area contributed by atoms with Gasteiger partial charge in [-0.25, -0.2) is 0 Å². The Morgan fingerprint density at radius 3 is 1.64 bits per heavy atom. The molecule has 4 aliphatic rings. The molecule has 1 heteroatoms. The summed E-state index contributed by atoms with van der Waals surface area (Å²) >= 11 is 0. The molecule has 0 aromatic heterocycles. The maximum Gasteiger partial charge on any atom is 0.0543 e. The van der Waals surface area contributed by atoms with Gasteiger partial charge in [0.25, 0.3) is 0 Å². The molecule has 0 spiro atoms. The summed E-state index contributed by atoms with van der Waals surface area (Å²) in [5, 5.41) is 0. The summed E-state index contributed by atoms with van der Waals surface area (Å²) in [4.78, 5) is 2.63. The summed E-state index contributed by atoms with van der Waals surface area (Å²) in [6.45, 7) is 19.4. The second kappa shape index (κ2) is 11.8. The molecule has 0 fully saturated rings. The first kappa shape index (κ1) is 34.6. The number of rotatable bonds is 4. The number of hydrogen-bond acceptors (Lipinski definition) is 1. The van der Waals surface area contributed by atoms with Crippen LogP contribution in [0, 0.1) is 0 Å². The average Bonchev–Trinajstić information content (AvgIpc) is 3.55. The second-order valence-corrected chi connectivity index (χ2v) is 19.5. The minimum absolute atomic E-state index is 0.0942. The molecule has 1 nitrogen and oxygen atoms in total. The van der Waals surface area contributed by atoms with Gasteiger partial charge in [-0.1, -0.05) is 134 Å². The molecule has 0 N–H and O–H groups in total. The van der Waals surface area contributed by atoms with Crippen molar-refractivity contribution >= 4 is 17.1 Å². The Labute approximate surface area is 329 Å². The predicted molar refractivity (Wildman–Crippen MR) is 234 cm³/mol. The fourth-order valence-electron chi connectivity index (χ4n) is 11.0. The van der Waals surface area contributed by atoms with Gasteiger partial charge >= 0.3 is 0 Å². The van der Waals surface area contributed by atoms with Crippen molar-refractivity contribution in [3.8, 4) is 33.4 Å². The Morgan fingerprint density at radius 1 is 0.400 bits per heavy atom. The topological polar surface area (TPSA) is 3.24 Å². The van der Waals surface area contributed by atoms with Gasteiger partial charge in [0, 0.05) is 27.8 Å². The van der Waals surface area contributed by atoms with Crippen LogP contribution in [-0.4, -0.2) is 0 Å². The van der Waals surface area contributed by atoms with Gasteiger partial charge in [0.1, 0.15) is 0 Å². The van der Waals surface area contributed by atoms with E-state index in [1.807, 2.05) is 0 Å². The predicted octanol–water partition coefficient (Wildman–Crippen LogP) is 14.7. The summed E-state index contributed by atoms with van der Waals surface area (Å²) in [5.41, 5.74) is 23.5. The molecular weight excluding hydrogens is 663 g/mol. The molecule has 0 heterocycles. The van der Waals surface area contributed by atoms with Gasteiger partial charge in [0.05, 0.1) is 5.69 Å². The molecule has 0 atom stereocenters. The van der Waals surface area contributed by atoms with Crippen molar-refractivity contribution in [1.29, 1.82) is 0 Å². The van der Waals surface area contributed by atoms with Crippen LogP contribution in [0.4, 0.5) is 17.1 Å². The Kier molecular flexibility index (Phi) is 7.43. The number of fused-ring (bicyclic) bond motifs is 8. The zero-order chi connectivity index (χ0) is 38.1. The molecule has 0 saturated heterocycles. The van der Waals surface area contributed by atoms with E-state index in [0.29, 0.717) is 0 Å². The zero-order valence-corrected chi connectivity index (χ0v) is 34.2. The van der Waals surface area contributed by atoms with Gasteiger partial charge < -0.3 is 4.90 Å². The van der Waals surface area contributed by atoms with Gasteiger partial charge in [-0.2, -0.15) is 0 Å². The lowest BCUT2D eigenvalue weighted by molar-refractivity contribution is 0.332. The number of aryl methyl sites for hydroxylation is 2. The molecule has 10 rings (SSSR count). The van der Waals surface area contributed by atoms with Gasteiger partial charge in [0.2, 0.25) is 0 Å². The van der Waals surface area contributed by atoms with Crippen molar-refractivity contribution in [2.24, 2.45) is 0 Å². The SMILES string of the molecule is CC1(C)CCC(C)(C)c2cc(N(c3ccc4c(c3)C(C)(C)c3ccccc3-4)c3cc4c(cc3-c3ccc5c(c3)CCCC5)-c3ccccc3C4(C)C)ccc21. The molecule has 55 heavy (non-hydrogen) atoms. The van der Waals surface area contributed by atoms with Crippen molar-refractivity contribution in [3.05, 3.63) is 160 Å². The summed E-state index contributed by atoms with van der Waals surface area (Å²) in [7, 11) is 0. The van der Waals surface area contributed by atoms with E-state index in [-0.39, 0.29) is 21.7 Å². The lowest BCUT2D eigenvalue weighted by Crippen LogP contribution is -2.34. The standard InChI is InChI=1S/C54H55N/c1-51(2)27-28-52(3,4)49-31-38(24-26-46(49)51)55(37-23-25-41-39-17-11-13-19-44(39)53(5,6)47(41)30-37)50-33-48-43(40-18-12-14-20-45(40)54(48,7)8)32-42(50)36-22-21-34-15-9-10-16-35(34)29-36/h11-14,17-26,29-33H,9-10,15-16,27-28H2,1-8H3. The second-order valence-electron chi connectivity index (χ2n) is 19.5. The lowest BCUT2D eigenvalue weighted by atomic mass is 9.63. The molecule has 6 aromatic carbocycles. The van der Waals surface area contributed by atoms with Crippen LogP contribution < -0.4 is 4.90 Å². The van der Waals surface area contributed by atoms with Crippen molar-refractivity contribution in [3.63, 3.8) is 0 Å². The summed E-state index contributed by atoms with van der Waals surface area (Å²) in [5.74, 6) is 0. The minimum atomic E-state index is -0.121. The fraction of sp³-hybridized carbons (Fsp3) is 0.333. The molecule has 0 aliphatic heterocycles. The molecule has 276 valence electrons. The molecule has 0 amide bonds. The summed E-state index contributed by atoms with van der Waals surface area (Å²) in [6.07, 6.45) is 7.32. The monoisotopic (exact) mass is 717 g/mol. The van der Waals surface area contributed by atoms with Gasteiger partial charge in [-0.05, 0) is 158 Å². The molecule has 0 radical (unpaired) electrons. The Morgan fingerprint density at radius 2 is 0.945 bits per heavy atom. The first-order valence-corrected chi connectivity index (χ1v) is 20.9. The molecule has 4 aliphatic carbocycles. The van der Waals surface area contributed by atoms with Gasteiger partial charge in [0.15, 0.2) is 0 Å². The normalized spacial score (nSPS) is 18.7. The number of nitrogens with zero attached hydrogens (tertiary/aromatic N) is 1. The summed E-state index contributed by atoms with van der Waals surface area (Å²) < 4.78 is 0. The number of hydrogen-bond donors (Lipinski definition) is 0. The first-order valence-electron chi connectivity index (χ1n) is 20.9. The van der Waals surface area contributed by atoms with Crippen LogP contribution in [0.1, 0.15) is 126 Å². The third kappa shape index (κ3) is 5.11. The highest BCUT2D eigenvalue weighted by molar-refractivity contribution is 5.96. The van der Waals surface area contributed by atoms with Crippen LogP contribution in [0.15, 0.2) is 115 Å². The highest BCUT2D eigenvalue weighted by Crippen LogP contribution is 2.56. The van der Waals surface area contributed by atoms with Crippen molar-refractivity contribution < 1.29 is 0 Å². The third-order valence-corrected chi connectivity index (χ3v) is 14.5. The van der Waals surface area contributed by atoms with E-state index >= 15 is 0 Å². The van der Waals surface area contributed by atoms with E-state index in [9.17, 15) is 0 Å². The highest BCUT2D eigenvalue weighted by Gasteiger charge is 2.40.